The Balaban J connectivity index is 1.62. The number of carbonyl (C=O) groups is 1. The molecule has 1 unspecified atom stereocenters. The van der Waals surface area contributed by atoms with Gasteiger partial charge in [0.15, 0.2) is 11.6 Å². The van der Waals surface area contributed by atoms with E-state index >= 15 is 0 Å². The van der Waals surface area contributed by atoms with Crippen molar-refractivity contribution in [2.24, 2.45) is 0 Å². The first kappa shape index (κ1) is 23.5. The number of ether oxygens (including phenoxy) is 2. The molecule has 2 heterocycles. The van der Waals surface area contributed by atoms with Gasteiger partial charge in [0.1, 0.15) is 11.9 Å². The summed E-state index contributed by atoms with van der Waals surface area (Å²) in [5.41, 5.74) is 1.13. The van der Waals surface area contributed by atoms with Crippen molar-refractivity contribution in [3.8, 4) is 11.6 Å². The number of rotatable bonds is 3. The molecule has 2 aromatic carbocycles. The van der Waals surface area contributed by atoms with Gasteiger partial charge in [-0.15, -0.1) is 0 Å². The number of aromatic nitrogens is 2. The summed E-state index contributed by atoms with van der Waals surface area (Å²) in [6, 6.07) is 8.66. The van der Waals surface area contributed by atoms with Gasteiger partial charge in [-0.1, -0.05) is 29.3 Å². The van der Waals surface area contributed by atoms with Gasteiger partial charge in [-0.3, -0.25) is 0 Å². The van der Waals surface area contributed by atoms with E-state index in [2.05, 4.69) is 9.97 Å². The number of likely N-dealkylation sites (tertiary alicyclic amines) is 1. The molecule has 1 fully saturated rings. The van der Waals surface area contributed by atoms with Gasteiger partial charge in [0.25, 0.3) is 0 Å². The summed E-state index contributed by atoms with van der Waals surface area (Å²) >= 11 is 11.8. The number of benzene rings is 2. The van der Waals surface area contributed by atoms with Crippen LogP contribution < -0.4 is 4.74 Å². The molecule has 6 nitrogen and oxygen atoms in total. The molecule has 4 rings (SSSR count). The van der Waals surface area contributed by atoms with Crippen LogP contribution in [0.4, 0.5) is 9.18 Å². The van der Waals surface area contributed by atoms with E-state index in [-0.39, 0.29) is 33.7 Å². The molecule has 1 aromatic heterocycles. The van der Waals surface area contributed by atoms with Crippen LogP contribution >= 0.6 is 23.2 Å². The molecular formula is C24H24Cl2FN3O3. The van der Waals surface area contributed by atoms with Crippen molar-refractivity contribution in [1.29, 1.82) is 0 Å². The van der Waals surface area contributed by atoms with Gasteiger partial charge >= 0.3 is 6.09 Å². The first-order valence-electron chi connectivity index (χ1n) is 10.7. The summed E-state index contributed by atoms with van der Waals surface area (Å²) in [6.45, 7) is 6.77. The molecule has 0 bridgehead atoms. The normalized spacial score (nSPS) is 16.7. The standard InChI is InChI=1S/C24H24Cl2FN3O3/c1-24(2,3)33-23(31)30-10-4-5-15(12-30)14-6-8-18-16(11-14)22(29-13-28-18)32-19-9-7-17(25)20(26)21(19)27/h6-9,11,13,15H,4-5,10,12H2,1-3H3. The Labute approximate surface area is 201 Å². The minimum Gasteiger partial charge on any atom is -0.444 e. The maximum atomic E-state index is 14.5. The third-order valence-corrected chi connectivity index (χ3v) is 6.15. The highest BCUT2D eigenvalue weighted by atomic mass is 35.5. The van der Waals surface area contributed by atoms with Crippen molar-refractivity contribution in [3.63, 3.8) is 0 Å². The molecule has 3 aromatic rings. The lowest BCUT2D eigenvalue weighted by Crippen LogP contribution is -2.42. The lowest BCUT2D eigenvalue weighted by Gasteiger charge is -2.34. The van der Waals surface area contributed by atoms with Gasteiger partial charge in [-0.05, 0) is 63.4 Å². The van der Waals surface area contributed by atoms with Gasteiger partial charge in [-0.2, -0.15) is 0 Å². The van der Waals surface area contributed by atoms with E-state index in [0.717, 1.165) is 18.4 Å². The first-order valence-corrected chi connectivity index (χ1v) is 11.4. The number of hydrogen-bond acceptors (Lipinski definition) is 5. The van der Waals surface area contributed by atoms with Crippen molar-refractivity contribution >= 4 is 40.2 Å². The number of halogens is 3. The van der Waals surface area contributed by atoms with Gasteiger partial charge < -0.3 is 14.4 Å². The first-order chi connectivity index (χ1) is 15.6. The molecule has 0 N–H and O–H groups in total. The molecule has 1 saturated heterocycles. The molecule has 0 aliphatic carbocycles. The number of fused-ring (bicyclic) bond motifs is 1. The fourth-order valence-electron chi connectivity index (χ4n) is 3.82. The molecule has 1 aliphatic heterocycles. The lowest BCUT2D eigenvalue weighted by molar-refractivity contribution is 0.0198. The van der Waals surface area contributed by atoms with Crippen LogP contribution in [0.25, 0.3) is 10.9 Å². The number of piperidine rings is 1. The summed E-state index contributed by atoms with van der Waals surface area (Å²) < 4.78 is 25.8. The molecule has 174 valence electrons. The van der Waals surface area contributed by atoms with E-state index in [1.807, 2.05) is 39.0 Å². The summed E-state index contributed by atoms with van der Waals surface area (Å²) in [5, 5.41) is 0.524. The SMILES string of the molecule is CC(C)(C)OC(=O)N1CCCC(c2ccc3ncnc(Oc4ccc(Cl)c(Cl)c4F)c3c2)C1. The van der Waals surface area contributed by atoms with Crippen LogP contribution in [0, 0.1) is 5.82 Å². The molecule has 0 radical (unpaired) electrons. The third-order valence-electron chi connectivity index (χ3n) is 5.37. The second-order valence-corrected chi connectivity index (χ2v) is 9.78. The quantitative estimate of drug-likeness (QED) is 0.369. The number of amides is 1. The molecule has 9 heteroatoms. The van der Waals surface area contributed by atoms with E-state index in [4.69, 9.17) is 32.7 Å². The van der Waals surface area contributed by atoms with Gasteiger partial charge in [0, 0.05) is 19.0 Å². The highest BCUT2D eigenvalue weighted by molar-refractivity contribution is 6.42. The molecule has 1 atom stereocenters. The van der Waals surface area contributed by atoms with Crippen molar-refractivity contribution < 1.29 is 18.7 Å². The van der Waals surface area contributed by atoms with Crippen LogP contribution in [-0.4, -0.2) is 39.7 Å². The largest absolute Gasteiger partial charge is 0.444 e. The number of nitrogens with zero attached hydrogens (tertiary/aromatic N) is 3. The van der Waals surface area contributed by atoms with E-state index in [1.54, 1.807) is 4.90 Å². The zero-order chi connectivity index (χ0) is 23.8. The Bertz CT molecular complexity index is 1200. The van der Waals surface area contributed by atoms with E-state index in [9.17, 15) is 9.18 Å². The second-order valence-electron chi connectivity index (χ2n) is 9.00. The second kappa shape index (κ2) is 9.31. The maximum absolute atomic E-state index is 14.5. The van der Waals surface area contributed by atoms with Crippen LogP contribution in [0.5, 0.6) is 11.6 Å². The van der Waals surface area contributed by atoms with Crippen molar-refractivity contribution in [3.05, 3.63) is 58.1 Å². The highest BCUT2D eigenvalue weighted by Crippen LogP contribution is 2.36. The van der Waals surface area contributed by atoms with Gasteiger partial charge in [0.05, 0.1) is 20.9 Å². The van der Waals surface area contributed by atoms with Crippen LogP contribution in [0.1, 0.15) is 45.1 Å². The molecule has 0 spiro atoms. The minimum absolute atomic E-state index is 0.0800. The van der Waals surface area contributed by atoms with Crippen molar-refractivity contribution in [2.45, 2.75) is 45.1 Å². The van der Waals surface area contributed by atoms with Crippen LogP contribution in [-0.2, 0) is 4.74 Å². The Hall–Kier alpha value is -2.64. The predicted molar refractivity (Wildman–Crippen MR) is 126 cm³/mol. The minimum atomic E-state index is -0.757. The van der Waals surface area contributed by atoms with Gasteiger partial charge in [0.2, 0.25) is 5.88 Å². The third kappa shape index (κ3) is 5.31. The summed E-state index contributed by atoms with van der Waals surface area (Å²) in [4.78, 5) is 22.8. The van der Waals surface area contributed by atoms with E-state index < -0.39 is 11.4 Å². The van der Waals surface area contributed by atoms with Crippen molar-refractivity contribution in [1.82, 2.24) is 14.9 Å². The van der Waals surface area contributed by atoms with Crippen LogP contribution in [0.15, 0.2) is 36.7 Å². The fourth-order valence-corrected chi connectivity index (χ4v) is 4.12. The summed E-state index contributed by atoms with van der Waals surface area (Å²) in [7, 11) is 0. The predicted octanol–water partition coefficient (Wildman–Crippen LogP) is 6.98. The monoisotopic (exact) mass is 491 g/mol. The van der Waals surface area contributed by atoms with E-state index in [1.165, 1.54) is 18.5 Å². The molecule has 33 heavy (non-hydrogen) atoms. The van der Waals surface area contributed by atoms with Crippen LogP contribution in [0.3, 0.4) is 0 Å². The Morgan fingerprint density at radius 2 is 1.97 bits per heavy atom. The smallest absolute Gasteiger partial charge is 0.410 e. The zero-order valence-electron chi connectivity index (χ0n) is 18.6. The zero-order valence-corrected chi connectivity index (χ0v) is 20.1. The number of hydrogen-bond donors (Lipinski definition) is 0. The molecular weight excluding hydrogens is 468 g/mol. The fraction of sp³-hybridized carbons (Fsp3) is 0.375. The van der Waals surface area contributed by atoms with Gasteiger partial charge in [-0.25, -0.2) is 19.2 Å². The topological polar surface area (TPSA) is 64.5 Å². The summed E-state index contributed by atoms with van der Waals surface area (Å²) in [6.07, 6.45) is 2.84. The molecule has 0 saturated carbocycles. The molecule has 1 aliphatic rings. The Kier molecular flexibility index (Phi) is 6.64. The summed E-state index contributed by atoms with van der Waals surface area (Å²) in [5.74, 6) is -0.514. The lowest BCUT2D eigenvalue weighted by atomic mass is 9.90. The average molecular weight is 492 g/mol. The maximum Gasteiger partial charge on any atom is 0.410 e. The average Bonchev–Trinajstić information content (AvgIpc) is 2.78. The van der Waals surface area contributed by atoms with E-state index in [0.29, 0.717) is 24.0 Å². The van der Waals surface area contributed by atoms with Crippen LogP contribution in [0.2, 0.25) is 10.0 Å². The Morgan fingerprint density at radius 3 is 2.73 bits per heavy atom. The number of carbonyl (C=O) groups excluding carboxylic acids is 1. The Morgan fingerprint density at radius 1 is 1.18 bits per heavy atom. The molecule has 1 amide bonds. The van der Waals surface area contributed by atoms with Crippen molar-refractivity contribution in [2.75, 3.05) is 13.1 Å². The highest BCUT2D eigenvalue weighted by Gasteiger charge is 2.28.